The lowest BCUT2D eigenvalue weighted by Crippen LogP contribution is -2.13. The summed E-state index contributed by atoms with van der Waals surface area (Å²) in [4.78, 5) is 32.0. The Balaban J connectivity index is 5.23. The molecule has 12 heavy (non-hydrogen) atoms. The summed E-state index contributed by atoms with van der Waals surface area (Å²) in [6, 6.07) is 0. The maximum absolute atomic E-state index is 10.8. The first kappa shape index (κ1) is 10.6. The Hall–Kier alpha value is -1.45. The van der Waals surface area contributed by atoms with Crippen LogP contribution >= 0.6 is 0 Å². The molecule has 66 valence electrons. The van der Waals surface area contributed by atoms with Gasteiger partial charge in [-0.05, 0) is 20.8 Å². The predicted octanol–water partition coefficient (Wildman–Crippen LogP) is 0.565. The first-order chi connectivity index (χ1) is 5.37. The van der Waals surface area contributed by atoms with E-state index in [2.05, 4.69) is 0 Å². The maximum atomic E-state index is 10.8. The van der Waals surface area contributed by atoms with Crippen LogP contribution in [0.5, 0.6) is 0 Å². The fraction of sp³-hybridized carbons (Fsp3) is 0.375. The molecule has 0 fully saturated rings. The van der Waals surface area contributed by atoms with Crippen molar-refractivity contribution < 1.29 is 19.5 Å². The van der Waals surface area contributed by atoms with Gasteiger partial charge >= 0.3 is 5.97 Å². The number of carboxylic acids is 1. The number of hydrogen-bond acceptors (Lipinski definition) is 3. The fourth-order valence-corrected chi connectivity index (χ4v) is 0.883. The van der Waals surface area contributed by atoms with Gasteiger partial charge in [0, 0.05) is 5.57 Å². The topological polar surface area (TPSA) is 71.4 Å². The van der Waals surface area contributed by atoms with Crippen molar-refractivity contribution in [1.29, 1.82) is 0 Å². The summed E-state index contributed by atoms with van der Waals surface area (Å²) in [5.41, 5.74) is -0.433. The van der Waals surface area contributed by atoms with Gasteiger partial charge in [0.05, 0.1) is 5.57 Å². The summed E-state index contributed by atoms with van der Waals surface area (Å²) < 4.78 is 0. The minimum absolute atomic E-state index is 0.199. The lowest BCUT2D eigenvalue weighted by atomic mass is 10.0. The average molecular weight is 170 g/mol. The van der Waals surface area contributed by atoms with E-state index < -0.39 is 17.5 Å². The Bertz CT molecular complexity index is 257. The third-order valence-corrected chi connectivity index (χ3v) is 1.40. The third-order valence-electron chi connectivity index (χ3n) is 1.40. The summed E-state index contributed by atoms with van der Waals surface area (Å²) in [6.07, 6.45) is 0. The Morgan fingerprint density at radius 3 is 1.33 bits per heavy atom. The highest BCUT2D eigenvalue weighted by molar-refractivity contribution is 6.22. The zero-order chi connectivity index (χ0) is 9.89. The van der Waals surface area contributed by atoms with Crippen LogP contribution in [0.3, 0.4) is 0 Å². The standard InChI is InChI=1S/C8H10O4/c1-4(8(11)12)7(5(2)9)6(3)10/h1-3H3,(H,11,12). The van der Waals surface area contributed by atoms with Gasteiger partial charge in [-0.2, -0.15) is 0 Å². The van der Waals surface area contributed by atoms with E-state index in [0.717, 1.165) is 0 Å². The molecule has 0 aliphatic rings. The number of allylic oxidation sites excluding steroid dienone is 1. The number of rotatable bonds is 3. The minimum Gasteiger partial charge on any atom is -0.478 e. The zero-order valence-electron chi connectivity index (χ0n) is 7.17. The van der Waals surface area contributed by atoms with E-state index in [1.807, 2.05) is 0 Å². The van der Waals surface area contributed by atoms with Gasteiger partial charge in [-0.3, -0.25) is 9.59 Å². The van der Waals surface area contributed by atoms with Crippen LogP contribution in [-0.2, 0) is 14.4 Å². The molecule has 0 radical (unpaired) electrons. The first-order valence-corrected chi connectivity index (χ1v) is 3.34. The van der Waals surface area contributed by atoms with Crippen molar-refractivity contribution in [2.45, 2.75) is 20.8 Å². The molecule has 0 saturated heterocycles. The van der Waals surface area contributed by atoms with Crippen LogP contribution in [-0.4, -0.2) is 22.6 Å². The number of hydrogen-bond donors (Lipinski definition) is 1. The molecule has 0 heterocycles. The molecule has 0 aliphatic heterocycles. The van der Waals surface area contributed by atoms with E-state index >= 15 is 0 Å². The molecule has 0 aromatic rings. The highest BCUT2D eigenvalue weighted by atomic mass is 16.4. The van der Waals surface area contributed by atoms with Crippen LogP contribution < -0.4 is 0 Å². The lowest BCUT2D eigenvalue weighted by Gasteiger charge is -2.00. The van der Waals surface area contributed by atoms with Gasteiger partial charge < -0.3 is 5.11 Å². The van der Waals surface area contributed by atoms with Gasteiger partial charge in [-0.15, -0.1) is 0 Å². The second-order valence-electron chi connectivity index (χ2n) is 2.42. The molecule has 0 bridgehead atoms. The Morgan fingerprint density at radius 1 is 0.917 bits per heavy atom. The van der Waals surface area contributed by atoms with Crippen LogP contribution in [0.15, 0.2) is 11.1 Å². The quantitative estimate of drug-likeness (QED) is 0.381. The lowest BCUT2D eigenvalue weighted by molar-refractivity contribution is -0.133. The van der Waals surface area contributed by atoms with Gasteiger partial charge in [-0.25, -0.2) is 4.79 Å². The first-order valence-electron chi connectivity index (χ1n) is 3.34. The second-order valence-corrected chi connectivity index (χ2v) is 2.42. The molecular formula is C8H10O4. The number of carbonyl (C=O) groups excluding carboxylic acids is 2. The number of aliphatic carboxylic acids is 1. The summed E-state index contributed by atoms with van der Waals surface area (Å²) in [7, 11) is 0. The normalized spacial score (nSPS) is 8.92. The van der Waals surface area contributed by atoms with Crippen LogP contribution in [0.25, 0.3) is 0 Å². The van der Waals surface area contributed by atoms with E-state index in [4.69, 9.17) is 5.11 Å². The highest BCUT2D eigenvalue weighted by Crippen LogP contribution is 2.06. The number of Topliss-reactive ketones (excluding diaryl/α,β-unsaturated/α-hetero) is 2. The van der Waals surface area contributed by atoms with Gasteiger partial charge in [-0.1, -0.05) is 0 Å². The SMILES string of the molecule is CC(=O)C(C(C)=O)=C(C)C(=O)O. The maximum Gasteiger partial charge on any atom is 0.332 e. The van der Waals surface area contributed by atoms with Gasteiger partial charge in [0.15, 0.2) is 11.6 Å². The molecule has 0 unspecified atom stereocenters. The molecule has 0 amide bonds. The smallest absolute Gasteiger partial charge is 0.332 e. The van der Waals surface area contributed by atoms with Gasteiger partial charge in [0.25, 0.3) is 0 Å². The molecule has 1 N–H and O–H groups in total. The molecule has 0 atom stereocenters. The Morgan fingerprint density at radius 2 is 1.25 bits per heavy atom. The third kappa shape index (κ3) is 2.30. The van der Waals surface area contributed by atoms with Crippen molar-refractivity contribution in [3.63, 3.8) is 0 Å². The number of ketones is 2. The largest absolute Gasteiger partial charge is 0.478 e. The van der Waals surface area contributed by atoms with Crippen molar-refractivity contribution in [3.05, 3.63) is 11.1 Å². The van der Waals surface area contributed by atoms with E-state index in [9.17, 15) is 14.4 Å². The fourth-order valence-electron chi connectivity index (χ4n) is 0.883. The average Bonchev–Trinajstić information content (AvgIpc) is 1.85. The summed E-state index contributed by atoms with van der Waals surface area (Å²) in [6.45, 7) is 3.58. The van der Waals surface area contributed by atoms with Crippen molar-refractivity contribution >= 4 is 17.5 Å². The predicted molar refractivity (Wildman–Crippen MR) is 41.7 cm³/mol. The number of carbonyl (C=O) groups is 3. The molecule has 4 nitrogen and oxygen atoms in total. The highest BCUT2D eigenvalue weighted by Gasteiger charge is 2.17. The Kier molecular flexibility index (Phi) is 3.34. The van der Waals surface area contributed by atoms with Crippen LogP contribution in [0.1, 0.15) is 20.8 Å². The van der Waals surface area contributed by atoms with E-state index in [1.54, 1.807) is 0 Å². The molecule has 0 rings (SSSR count). The molecule has 0 saturated carbocycles. The number of carboxylic acid groups (broad SMARTS) is 1. The van der Waals surface area contributed by atoms with Crippen LogP contribution in [0.4, 0.5) is 0 Å². The van der Waals surface area contributed by atoms with Crippen molar-refractivity contribution in [3.8, 4) is 0 Å². The van der Waals surface area contributed by atoms with E-state index in [1.165, 1.54) is 20.8 Å². The van der Waals surface area contributed by atoms with E-state index in [0.29, 0.717) is 0 Å². The van der Waals surface area contributed by atoms with E-state index in [-0.39, 0.29) is 11.1 Å². The van der Waals surface area contributed by atoms with Crippen molar-refractivity contribution in [2.75, 3.05) is 0 Å². The molecule has 0 aliphatic carbocycles. The summed E-state index contributed by atoms with van der Waals surface area (Å²) in [5.74, 6) is -2.26. The second kappa shape index (κ2) is 3.80. The summed E-state index contributed by atoms with van der Waals surface area (Å²) in [5, 5.41) is 8.49. The zero-order valence-corrected chi connectivity index (χ0v) is 7.17. The van der Waals surface area contributed by atoms with Crippen LogP contribution in [0, 0.1) is 0 Å². The van der Waals surface area contributed by atoms with Gasteiger partial charge in [0.1, 0.15) is 0 Å². The molecule has 0 aromatic carbocycles. The monoisotopic (exact) mass is 170 g/mol. The summed E-state index contributed by atoms with van der Waals surface area (Å²) >= 11 is 0. The Labute approximate surface area is 69.9 Å². The van der Waals surface area contributed by atoms with Crippen LogP contribution in [0.2, 0.25) is 0 Å². The van der Waals surface area contributed by atoms with Crippen molar-refractivity contribution in [2.24, 2.45) is 0 Å². The molecule has 0 aromatic heterocycles. The molecular weight excluding hydrogens is 160 g/mol. The molecule has 4 heteroatoms. The molecule has 0 spiro atoms. The van der Waals surface area contributed by atoms with Gasteiger partial charge in [0.2, 0.25) is 0 Å². The van der Waals surface area contributed by atoms with Crippen molar-refractivity contribution in [1.82, 2.24) is 0 Å². The minimum atomic E-state index is -1.24.